The average molecular weight is 217 g/mol. The van der Waals surface area contributed by atoms with Gasteiger partial charge in [-0.1, -0.05) is 0 Å². The Morgan fingerprint density at radius 1 is 1.53 bits per heavy atom. The van der Waals surface area contributed by atoms with E-state index in [-0.39, 0.29) is 11.2 Å². The first-order valence-electron chi connectivity index (χ1n) is 4.15. The van der Waals surface area contributed by atoms with Gasteiger partial charge in [0.05, 0.1) is 19.9 Å². The standard InChI is InChI=1S/C9H15N2O3.H2O/c1-5-14-9(12)8(6-11(2)3)10-7-13-4;/h6H,5H2,1-4H3;1H2/q+1;/b8-6-;. The van der Waals surface area contributed by atoms with E-state index in [4.69, 9.17) is 4.74 Å². The lowest BCUT2D eigenvalue weighted by Crippen LogP contribution is -2.10. The molecule has 0 aliphatic heterocycles. The lowest BCUT2D eigenvalue weighted by Gasteiger charge is -2.00. The van der Waals surface area contributed by atoms with E-state index in [2.05, 4.69) is 15.8 Å². The average Bonchev–Trinajstić information content (AvgIpc) is 2.12. The smallest absolute Gasteiger partial charge is 0.457 e. The summed E-state index contributed by atoms with van der Waals surface area (Å²) in [6.07, 6.45) is 3.75. The van der Waals surface area contributed by atoms with Crippen molar-refractivity contribution in [2.75, 3.05) is 27.8 Å². The highest BCUT2D eigenvalue weighted by Crippen LogP contribution is 2.01. The fourth-order valence-corrected chi connectivity index (χ4v) is 0.672. The fraction of sp³-hybridized carbons (Fsp3) is 0.556. The minimum atomic E-state index is -0.495. The van der Waals surface area contributed by atoms with Gasteiger partial charge < -0.3 is 19.8 Å². The van der Waals surface area contributed by atoms with Gasteiger partial charge in [0.2, 0.25) is 0 Å². The van der Waals surface area contributed by atoms with Gasteiger partial charge in [-0.3, -0.25) is 0 Å². The molecule has 0 aliphatic carbocycles. The maximum absolute atomic E-state index is 11.3. The van der Waals surface area contributed by atoms with Crippen LogP contribution in [0.2, 0.25) is 0 Å². The normalized spacial score (nSPS) is 9.20. The van der Waals surface area contributed by atoms with E-state index in [1.165, 1.54) is 13.3 Å². The summed E-state index contributed by atoms with van der Waals surface area (Å²) in [6, 6.07) is 0. The van der Waals surface area contributed by atoms with Crippen molar-refractivity contribution in [3.63, 3.8) is 0 Å². The quantitative estimate of drug-likeness (QED) is 0.381. The van der Waals surface area contributed by atoms with E-state index in [9.17, 15) is 4.79 Å². The van der Waals surface area contributed by atoms with Gasteiger partial charge in [-0.05, 0) is 6.92 Å². The molecule has 0 heterocycles. The molecule has 0 amide bonds. The Balaban J connectivity index is 0. The van der Waals surface area contributed by atoms with E-state index >= 15 is 0 Å². The predicted octanol–water partition coefficient (Wildman–Crippen LogP) is 0.0646. The van der Waals surface area contributed by atoms with E-state index < -0.39 is 5.97 Å². The number of nitrogens with zero attached hydrogens (tertiary/aromatic N) is 2. The van der Waals surface area contributed by atoms with Crippen LogP contribution in [0.4, 0.5) is 0 Å². The Hall–Kier alpha value is -1.74. The summed E-state index contributed by atoms with van der Waals surface area (Å²) in [6.45, 7) is 2.04. The van der Waals surface area contributed by atoms with Crippen LogP contribution in [0.15, 0.2) is 11.9 Å². The summed E-state index contributed by atoms with van der Waals surface area (Å²) in [5.41, 5.74) is 0.152. The van der Waals surface area contributed by atoms with E-state index in [0.717, 1.165) is 0 Å². The van der Waals surface area contributed by atoms with Crippen molar-refractivity contribution in [1.82, 2.24) is 4.90 Å². The number of ether oxygens (including phenoxy) is 2. The molecule has 0 aromatic rings. The van der Waals surface area contributed by atoms with Crippen LogP contribution in [0.3, 0.4) is 0 Å². The zero-order chi connectivity index (χ0) is 11.0. The lowest BCUT2D eigenvalue weighted by atomic mass is 10.5. The maximum Gasteiger partial charge on any atom is 0.523 e. The van der Waals surface area contributed by atoms with Crippen molar-refractivity contribution in [1.29, 1.82) is 0 Å². The molecule has 0 spiro atoms. The first-order chi connectivity index (χ1) is 6.61. The zero-order valence-electron chi connectivity index (χ0n) is 9.40. The molecule has 0 saturated carbocycles. The topological polar surface area (TPSA) is 74.6 Å². The van der Waals surface area contributed by atoms with Crippen molar-refractivity contribution in [3.8, 4) is 6.26 Å². The number of carbonyl (C=O) groups excluding carboxylic acids is 1. The van der Waals surface area contributed by atoms with Gasteiger partial charge in [-0.2, -0.15) is 0 Å². The zero-order valence-corrected chi connectivity index (χ0v) is 9.40. The minimum absolute atomic E-state index is 0. The third-order valence-electron chi connectivity index (χ3n) is 1.12. The molecule has 6 heteroatoms. The molecule has 0 atom stereocenters. The van der Waals surface area contributed by atoms with Gasteiger partial charge in [0.15, 0.2) is 0 Å². The molecule has 15 heavy (non-hydrogen) atoms. The molecule has 0 bridgehead atoms. The van der Waals surface area contributed by atoms with Crippen LogP contribution in [0.25, 0.3) is 4.85 Å². The van der Waals surface area contributed by atoms with Crippen LogP contribution in [0.5, 0.6) is 0 Å². The third-order valence-corrected chi connectivity index (χ3v) is 1.12. The Bertz CT molecular complexity index is 276. The molecule has 2 N–H and O–H groups in total. The van der Waals surface area contributed by atoms with Crippen LogP contribution < -0.4 is 0 Å². The molecule has 0 aromatic heterocycles. The van der Waals surface area contributed by atoms with Gasteiger partial charge in [0, 0.05) is 18.9 Å². The fourth-order valence-electron chi connectivity index (χ4n) is 0.672. The minimum Gasteiger partial charge on any atom is -0.457 e. The van der Waals surface area contributed by atoms with Crippen molar-refractivity contribution in [2.45, 2.75) is 6.92 Å². The highest BCUT2D eigenvalue weighted by Gasteiger charge is 2.21. The molecular formula is C9H17N2O4+. The third kappa shape index (κ3) is 7.34. The summed E-state index contributed by atoms with van der Waals surface area (Å²) in [5.74, 6) is -0.495. The molecule has 6 nitrogen and oxygen atoms in total. The van der Waals surface area contributed by atoms with Crippen LogP contribution in [0, 0.1) is 6.26 Å². The Labute approximate surface area is 89.2 Å². The molecule has 0 unspecified atom stereocenters. The van der Waals surface area contributed by atoms with E-state index in [1.807, 2.05) is 0 Å². The second-order valence-corrected chi connectivity index (χ2v) is 2.61. The number of carbonyl (C=O) groups is 1. The highest BCUT2D eigenvalue weighted by atomic mass is 16.5. The first kappa shape index (κ1) is 15.7. The molecule has 0 fully saturated rings. The largest absolute Gasteiger partial charge is 0.523 e. The Morgan fingerprint density at radius 2 is 2.13 bits per heavy atom. The summed E-state index contributed by atoms with van der Waals surface area (Å²) in [4.78, 5) is 16.6. The molecule has 0 saturated heterocycles. The molecule has 0 rings (SSSR count). The SMILES string of the molecule is CCOC(=O)/C(=C/N(C)C)[N+]#COC.O. The van der Waals surface area contributed by atoms with Crippen LogP contribution in [0.1, 0.15) is 6.92 Å². The van der Waals surface area contributed by atoms with Crippen molar-refractivity contribution in [2.24, 2.45) is 0 Å². The Morgan fingerprint density at radius 3 is 2.53 bits per heavy atom. The maximum atomic E-state index is 11.3. The monoisotopic (exact) mass is 217 g/mol. The van der Waals surface area contributed by atoms with Crippen molar-refractivity contribution < 1.29 is 19.7 Å². The summed E-state index contributed by atoms with van der Waals surface area (Å²) in [5, 5.41) is 0. The van der Waals surface area contributed by atoms with Gasteiger partial charge >= 0.3 is 17.9 Å². The molecule has 0 aromatic carbocycles. The molecular weight excluding hydrogens is 200 g/mol. The second kappa shape index (κ2) is 8.84. The number of hydrogen-bond acceptors (Lipinski definition) is 4. The number of esters is 1. The lowest BCUT2D eigenvalue weighted by molar-refractivity contribution is -0.138. The molecule has 86 valence electrons. The van der Waals surface area contributed by atoms with Crippen LogP contribution >= 0.6 is 0 Å². The second-order valence-electron chi connectivity index (χ2n) is 2.61. The van der Waals surface area contributed by atoms with Gasteiger partial charge in [-0.15, -0.1) is 0 Å². The van der Waals surface area contributed by atoms with Gasteiger partial charge in [0.1, 0.15) is 0 Å². The van der Waals surface area contributed by atoms with Crippen LogP contribution in [-0.4, -0.2) is 44.2 Å². The number of rotatable bonds is 3. The number of methoxy groups -OCH3 is 1. The summed E-state index contributed by atoms with van der Waals surface area (Å²) >= 11 is 0. The first-order valence-corrected chi connectivity index (χ1v) is 4.15. The highest BCUT2D eigenvalue weighted by molar-refractivity contribution is 5.90. The van der Waals surface area contributed by atoms with Gasteiger partial charge in [-0.25, -0.2) is 4.79 Å². The summed E-state index contributed by atoms with van der Waals surface area (Å²) < 4.78 is 9.28. The number of hydrogen-bond donors (Lipinski definition) is 0. The van der Waals surface area contributed by atoms with E-state index in [0.29, 0.717) is 6.61 Å². The Kier molecular flexibility index (Phi) is 9.26. The predicted molar refractivity (Wildman–Crippen MR) is 56.3 cm³/mol. The van der Waals surface area contributed by atoms with Crippen LogP contribution in [-0.2, 0) is 14.3 Å². The summed E-state index contributed by atoms with van der Waals surface area (Å²) in [7, 11) is 4.96. The van der Waals surface area contributed by atoms with Crippen molar-refractivity contribution >= 4 is 5.97 Å². The van der Waals surface area contributed by atoms with E-state index in [1.54, 1.807) is 25.9 Å². The molecule has 0 radical (unpaired) electrons. The van der Waals surface area contributed by atoms with Crippen molar-refractivity contribution in [3.05, 3.63) is 16.7 Å². The molecule has 0 aliphatic rings. The van der Waals surface area contributed by atoms with Gasteiger partial charge in [0.25, 0.3) is 0 Å².